The van der Waals surface area contributed by atoms with Crippen molar-refractivity contribution in [3.05, 3.63) is 35.4 Å². The number of likely N-dealkylation sites (tertiary alicyclic amines) is 2. The quantitative estimate of drug-likeness (QED) is 0.929. The lowest BCUT2D eigenvalue weighted by molar-refractivity contribution is 0.0779. The molecular formula is C19H27N3O. The number of benzene rings is 1. The second-order valence-electron chi connectivity index (χ2n) is 7.56. The van der Waals surface area contributed by atoms with Crippen molar-refractivity contribution in [2.45, 2.75) is 38.3 Å². The first-order chi connectivity index (χ1) is 11.2. The number of amides is 1. The zero-order chi connectivity index (χ0) is 15.8. The van der Waals surface area contributed by atoms with Crippen LogP contribution < -0.4 is 5.73 Å². The topological polar surface area (TPSA) is 49.6 Å². The van der Waals surface area contributed by atoms with Crippen molar-refractivity contribution in [3.63, 3.8) is 0 Å². The average Bonchev–Trinajstić information content (AvgIpc) is 3.27. The Morgan fingerprint density at radius 2 is 2.00 bits per heavy atom. The van der Waals surface area contributed by atoms with Crippen LogP contribution in [0.2, 0.25) is 0 Å². The number of carbonyl (C=O) groups excluding carboxylic acids is 1. The fourth-order valence-corrected chi connectivity index (χ4v) is 4.66. The van der Waals surface area contributed by atoms with E-state index in [2.05, 4.69) is 17.0 Å². The minimum absolute atomic E-state index is 0.190. The second kappa shape index (κ2) is 6.25. The van der Waals surface area contributed by atoms with Gasteiger partial charge in [0.25, 0.3) is 5.91 Å². The van der Waals surface area contributed by atoms with Crippen LogP contribution in [0.3, 0.4) is 0 Å². The molecule has 0 spiro atoms. The molecule has 1 aromatic rings. The Labute approximate surface area is 138 Å². The van der Waals surface area contributed by atoms with E-state index in [-0.39, 0.29) is 5.91 Å². The van der Waals surface area contributed by atoms with Gasteiger partial charge in [0, 0.05) is 31.2 Å². The van der Waals surface area contributed by atoms with Crippen molar-refractivity contribution in [1.29, 1.82) is 0 Å². The third-order valence-corrected chi connectivity index (χ3v) is 5.98. The summed E-state index contributed by atoms with van der Waals surface area (Å²) in [5, 5.41) is 0. The van der Waals surface area contributed by atoms with Gasteiger partial charge in [0.05, 0.1) is 0 Å². The maximum atomic E-state index is 12.8. The van der Waals surface area contributed by atoms with E-state index in [1.165, 1.54) is 37.9 Å². The third kappa shape index (κ3) is 3.02. The summed E-state index contributed by atoms with van der Waals surface area (Å²) in [6.07, 6.45) is 4.91. The zero-order valence-corrected chi connectivity index (χ0v) is 13.8. The second-order valence-corrected chi connectivity index (χ2v) is 7.56. The molecule has 2 aliphatic heterocycles. The molecule has 3 fully saturated rings. The summed E-state index contributed by atoms with van der Waals surface area (Å²) in [7, 11) is 0. The van der Waals surface area contributed by atoms with Gasteiger partial charge in [0.1, 0.15) is 0 Å². The highest BCUT2D eigenvalue weighted by Crippen LogP contribution is 2.37. The number of hydrogen-bond acceptors (Lipinski definition) is 3. The van der Waals surface area contributed by atoms with Crippen molar-refractivity contribution < 1.29 is 4.79 Å². The summed E-state index contributed by atoms with van der Waals surface area (Å²) < 4.78 is 0. The van der Waals surface area contributed by atoms with Crippen molar-refractivity contribution in [1.82, 2.24) is 9.80 Å². The molecule has 1 amide bonds. The summed E-state index contributed by atoms with van der Waals surface area (Å²) >= 11 is 0. The summed E-state index contributed by atoms with van der Waals surface area (Å²) in [6, 6.07) is 8.52. The fraction of sp³-hybridized carbons (Fsp3) is 0.632. The van der Waals surface area contributed by atoms with Gasteiger partial charge in [0.2, 0.25) is 0 Å². The van der Waals surface area contributed by atoms with Crippen molar-refractivity contribution in [2.24, 2.45) is 17.6 Å². The Morgan fingerprint density at radius 3 is 2.78 bits per heavy atom. The van der Waals surface area contributed by atoms with Crippen LogP contribution >= 0.6 is 0 Å². The van der Waals surface area contributed by atoms with E-state index >= 15 is 0 Å². The minimum Gasteiger partial charge on any atom is -0.338 e. The van der Waals surface area contributed by atoms with Crippen LogP contribution in [0, 0.1) is 11.8 Å². The summed E-state index contributed by atoms with van der Waals surface area (Å²) in [6.45, 7) is 5.09. The fourth-order valence-electron chi connectivity index (χ4n) is 4.66. The molecule has 0 aromatic heterocycles. The van der Waals surface area contributed by atoms with E-state index in [9.17, 15) is 4.79 Å². The number of nitrogens with two attached hydrogens (primary N) is 1. The van der Waals surface area contributed by atoms with Crippen LogP contribution in [0.5, 0.6) is 0 Å². The molecule has 2 N–H and O–H groups in total. The van der Waals surface area contributed by atoms with E-state index < -0.39 is 0 Å². The Balaban J connectivity index is 1.44. The van der Waals surface area contributed by atoms with Gasteiger partial charge < -0.3 is 10.6 Å². The minimum atomic E-state index is 0.190. The molecule has 2 saturated heterocycles. The number of carbonyl (C=O) groups is 1. The molecule has 2 heterocycles. The maximum Gasteiger partial charge on any atom is 0.253 e. The molecule has 124 valence electrons. The van der Waals surface area contributed by atoms with Crippen LogP contribution in [0.4, 0.5) is 0 Å². The molecular weight excluding hydrogens is 286 g/mol. The number of nitrogens with zero attached hydrogens (tertiary/aromatic N) is 2. The lowest BCUT2D eigenvalue weighted by Gasteiger charge is -2.20. The van der Waals surface area contributed by atoms with E-state index in [1.54, 1.807) is 0 Å². The predicted molar refractivity (Wildman–Crippen MR) is 91.0 cm³/mol. The summed E-state index contributed by atoms with van der Waals surface area (Å²) in [4.78, 5) is 17.4. The predicted octanol–water partition coefficient (Wildman–Crippen LogP) is 2.09. The SMILES string of the molecule is NC1CCC2CN(C(=O)c3cccc(CN4CCCC4)c3)CC12. The normalized spacial score (nSPS) is 30.8. The molecule has 3 unspecified atom stereocenters. The highest BCUT2D eigenvalue weighted by molar-refractivity contribution is 5.94. The van der Waals surface area contributed by atoms with Crippen molar-refractivity contribution in [2.75, 3.05) is 26.2 Å². The largest absolute Gasteiger partial charge is 0.338 e. The number of fused-ring (bicyclic) bond motifs is 1. The van der Waals surface area contributed by atoms with Crippen molar-refractivity contribution in [3.8, 4) is 0 Å². The van der Waals surface area contributed by atoms with Gasteiger partial charge in [-0.05, 0) is 68.3 Å². The number of rotatable bonds is 3. The highest BCUT2D eigenvalue weighted by Gasteiger charge is 2.42. The van der Waals surface area contributed by atoms with Crippen LogP contribution in [0.15, 0.2) is 24.3 Å². The summed E-state index contributed by atoms with van der Waals surface area (Å²) in [5.41, 5.74) is 8.29. The molecule has 1 aliphatic carbocycles. The van der Waals surface area contributed by atoms with E-state index in [0.717, 1.165) is 31.6 Å². The molecule has 1 aromatic carbocycles. The van der Waals surface area contributed by atoms with Gasteiger partial charge in [-0.25, -0.2) is 0 Å². The van der Waals surface area contributed by atoms with E-state index in [4.69, 9.17) is 5.73 Å². The van der Waals surface area contributed by atoms with E-state index in [0.29, 0.717) is 17.9 Å². The molecule has 4 heteroatoms. The van der Waals surface area contributed by atoms with Gasteiger partial charge in [0.15, 0.2) is 0 Å². The van der Waals surface area contributed by atoms with Gasteiger partial charge in [-0.2, -0.15) is 0 Å². The molecule has 3 aliphatic rings. The Bertz CT molecular complexity index is 582. The molecule has 3 atom stereocenters. The zero-order valence-electron chi connectivity index (χ0n) is 13.8. The molecule has 4 nitrogen and oxygen atoms in total. The van der Waals surface area contributed by atoms with Crippen LogP contribution in [-0.2, 0) is 6.54 Å². The van der Waals surface area contributed by atoms with Gasteiger partial charge >= 0.3 is 0 Å². The first-order valence-corrected chi connectivity index (χ1v) is 9.07. The lowest BCUT2D eigenvalue weighted by Crippen LogP contribution is -2.33. The monoisotopic (exact) mass is 313 g/mol. The van der Waals surface area contributed by atoms with Crippen LogP contribution in [-0.4, -0.2) is 47.9 Å². The third-order valence-electron chi connectivity index (χ3n) is 5.98. The Kier molecular flexibility index (Phi) is 4.12. The standard InChI is InChI=1S/C19H27N3O/c20-18-7-6-16-12-22(13-17(16)18)19(23)15-5-3-4-14(10-15)11-21-8-1-2-9-21/h3-5,10,16-18H,1-2,6-9,11-13,20H2. The highest BCUT2D eigenvalue weighted by atomic mass is 16.2. The molecule has 4 rings (SSSR count). The van der Waals surface area contributed by atoms with Crippen molar-refractivity contribution >= 4 is 5.91 Å². The first-order valence-electron chi connectivity index (χ1n) is 9.07. The molecule has 0 radical (unpaired) electrons. The van der Waals surface area contributed by atoms with Gasteiger partial charge in [-0.1, -0.05) is 12.1 Å². The van der Waals surface area contributed by atoms with Crippen LogP contribution in [0.25, 0.3) is 0 Å². The Hall–Kier alpha value is -1.39. The first kappa shape index (κ1) is 15.2. The lowest BCUT2D eigenvalue weighted by atomic mass is 9.98. The number of hydrogen-bond donors (Lipinski definition) is 1. The molecule has 0 bridgehead atoms. The Morgan fingerprint density at radius 1 is 1.17 bits per heavy atom. The smallest absolute Gasteiger partial charge is 0.253 e. The molecule has 23 heavy (non-hydrogen) atoms. The van der Waals surface area contributed by atoms with Crippen LogP contribution in [0.1, 0.15) is 41.6 Å². The maximum absolute atomic E-state index is 12.8. The van der Waals surface area contributed by atoms with Gasteiger partial charge in [-0.15, -0.1) is 0 Å². The van der Waals surface area contributed by atoms with E-state index in [1.807, 2.05) is 17.0 Å². The molecule has 1 saturated carbocycles. The van der Waals surface area contributed by atoms with Gasteiger partial charge in [-0.3, -0.25) is 9.69 Å². The average molecular weight is 313 g/mol. The summed E-state index contributed by atoms with van der Waals surface area (Å²) in [5.74, 6) is 1.34.